The monoisotopic (exact) mass is 490 g/mol. The van der Waals surface area contributed by atoms with E-state index in [9.17, 15) is 13.2 Å². The second kappa shape index (κ2) is 10.6. The standard InChI is InChI=1S/C24H34N4O3S2/c1-16-9-11-19(14-21(16)33(30,31)28-20-8-5-13-25-15-20)23-17(2)26-24(32-23)27-22(29)12-10-18-6-3-4-7-18/h9,11,14,18,20,25,28H,3-8,10,12-13,15H2,1-2H3,(H,26,27,29). The van der Waals surface area contributed by atoms with Crippen LogP contribution in [0.4, 0.5) is 5.13 Å². The molecule has 0 radical (unpaired) electrons. The third-order valence-electron chi connectivity index (χ3n) is 6.66. The van der Waals surface area contributed by atoms with Crippen molar-refractivity contribution in [3.05, 3.63) is 29.5 Å². The van der Waals surface area contributed by atoms with Gasteiger partial charge in [0.05, 0.1) is 15.5 Å². The molecule has 3 N–H and O–H groups in total. The van der Waals surface area contributed by atoms with E-state index in [0.717, 1.165) is 41.9 Å². The Hall–Kier alpha value is -1.81. The molecule has 7 nitrogen and oxygen atoms in total. The molecule has 1 aromatic carbocycles. The van der Waals surface area contributed by atoms with Gasteiger partial charge in [-0.2, -0.15) is 0 Å². The van der Waals surface area contributed by atoms with Crippen LogP contribution in [0, 0.1) is 19.8 Å². The Balaban J connectivity index is 1.47. The van der Waals surface area contributed by atoms with Gasteiger partial charge in [-0.3, -0.25) is 4.79 Å². The molecule has 1 aliphatic carbocycles. The fourth-order valence-electron chi connectivity index (χ4n) is 4.80. The third kappa shape index (κ3) is 6.20. The predicted molar refractivity (Wildman–Crippen MR) is 133 cm³/mol. The highest BCUT2D eigenvalue weighted by atomic mass is 32.2. The molecule has 180 valence electrons. The summed E-state index contributed by atoms with van der Waals surface area (Å²) in [4.78, 5) is 18.1. The highest BCUT2D eigenvalue weighted by Crippen LogP contribution is 2.35. The molecule has 1 amide bonds. The molecule has 1 unspecified atom stereocenters. The van der Waals surface area contributed by atoms with E-state index in [4.69, 9.17) is 0 Å². The number of sulfonamides is 1. The molecule has 1 saturated heterocycles. The second-order valence-electron chi connectivity index (χ2n) is 9.32. The van der Waals surface area contributed by atoms with Gasteiger partial charge in [0.2, 0.25) is 15.9 Å². The molecular weight excluding hydrogens is 456 g/mol. The number of carbonyl (C=O) groups is 1. The number of benzene rings is 1. The topological polar surface area (TPSA) is 100 Å². The van der Waals surface area contributed by atoms with Gasteiger partial charge in [-0.25, -0.2) is 18.1 Å². The van der Waals surface area contributed by atoms with Crippen LogP contribution in [-0.2, 0) is 14.8 Å². The molecule has 1 aliphatic heterocycles. The minimum Gasteiger partial charge on any atom is -0.315 e. The number of amides is 1. The van der Waals surface area contributed by atoms with Gasteiger partial charge in [0.25, 0.3) is 0 Å². The van der Waals surface area contributed by atoms with Gasteiger partial charge in [-0.1, -0.05) is 49.2 Å². The molecule has 0 bridgehead atoms. The lowest BCUT2D eigenvalue weighted by molar-refractivity contribution is -0.116. The van der Waals surface area contributed by atoms with E-state index >= 15 is 0 Å². The first-order chi connectivity index (χ1) is 15.8. The van der Waals surface area contributed by atoms with Crippen LogP contribution in [0.2, 0.25) is 0 Å². The first-order valence-electron chi connectivity index (χ1n) is 11.9. The van der Waals surface area contributed by atoms with E-state index in [2.05, 4.69) is 20.3 Å². The number of nitrogens with zero attached hydrogens (tertiary/aromatic N) is 1. The van der Waals surface area contributed by atoms with Crippen molar-refractivity contribution in [1.29, 1.82) is 0 Å². The number of hydrogen-bond donors (Lipinski definition) is 3. The summed E-state index contributed by atoms with van der Waals surface area (Å²) >= 11 is 1.39. The second-order valence-corrected chi connectivity index (χ2v) is 12.0. The molecule has 1 saturated carbocycles. The van der Waals surface area contributed by atoms with E-state index in [0.29, 0.717) is 34.5 Å². The van der Waals surface area contributed by atoms with E-state index in [1.54, 1.807) is 6.07 Å². The maximum atomic E-state index is 13.1. The van der Waals surface area contributed by atoms with Crippen molar-refractivity contribution in [2.45, 2.75) is 76.2 Å². The van der Waals surface area contributed by atoms with Crippen LogP contribution in [-0.4, -0.2) is 38.4 Å². The largest absolute Gasteiger partial charge is 0.315 e. The maximum absolute atomic E-state index is 13.1. The zero-order chi connectivity index (χ0) is 23.4. The van der Waals surface area contributed by atoms with Gasteiger partial charge >= 0.3 is 0 Å². The zero-order valence-corrected chi connectivity index (χ0v) is 21.1. The smallest absolute Gasteiger partial charge is 0.241 e. The highest BCUT2D eigenvalue weighted by Gasteiger charge is 2.24. The van der Waals surface area contributed by atoms with Gasteiger partial charge in [0, 0.05) is 19.0 Å². The SMILES string of the molecule is Cc1ccc(-c2sc(NC(=O)CCC3CCCC3)nc2C)cc1S(=O)(=O)NC1CCCNC1. The lowest BCUT2D eigenvalue weighted by atomic mass is 10.0. The summed E-state index contributed by atoms with van der Waals surface area (Å²) in [6.07, 6.45) is 8.28. The fraction of sp³-hybridized carbons (Fsp3) is 0.583. The Bertz CT molecular complexity index is 1090. The number of aryl methyl sites for hydroxylation is 2. The van der Waals surface area contributed by atoms with Crippen LogP contribution in [0.5, 0.6) is 0 Å². The molecule has 4 rings (SSSR count). The van der Waals surface area contributed by atoms with Crippen LogP contribution in [0.15, 0.2) is 23.1 Å². The van der Waals surface area contributed by atoms with E-state index < -0.39 is 10.0 Å². The molecule has 2 fully saturated rings. The summed E-state index contributed by atoms with van der Waals surface area (Å²) in [6.45, 7) is 5.28. The molecule has 2 aliphatic rings. The number of nitrogens with one attached hydrogen (secondary N) is 3. The van der Waals surface area contributed by atoms with E-state index in [1.807, 2.05) is 26.0 Å². The molecule has 1 aromatic heterocycles. The maximum Gasteiger partial charge on any atom is 0.241 e. The minimum atomic E-state index is -3.64. The lowest BCUT2D eigenvalue weighted by Crippen LogP contribution is -2.45. The van der Waals surface area contributed by atoms with Gasteiger partial charge < -0.3 is 10.6 Å². The van der Waals surface area contributed by atoms with Gasteiger partial charge in [0.1, 0.15) is 0 Å². The number of anilines is 1. The molecule has 1 atom stereocenters. The molecule has 2 heterocycles. The summed E-state index contributed by atoms with van der Waals surface area (Å²) in [5, 5.41) is 6.75. The summed E-state index contributed by atoms with van der Waals surface area (Å²) in [7, 11) is -3.64. The number of piperidine rings is 1. The summed E-state index contributed by atoms with van der Waals surface area (Å²) < 4.78 is 29.1. The van der Waals surface area contributed by atoms with Crippen molar-refractivity contribution in [1.82, 2.24) is 15.0 Å². The molecule has 2 aromatic rings. The normalized spacial score (nSPS) is 19.6. The number of rotatable bonds is 8. The first-order valence-corrected chi connectivity index (χ1v) is 14.2. The first kappa shape index (κ1) is 24.3. The summed E-state index contributed by atoms with van der Waals surface area (Å²) in [5.74, 6) is 0.676. The van der Waals surface area contributed by atoms with Crippen molar-refractivity contribution >= 4 is 32.4 Å². The quantitative estimate of drug-likeness (QED) is 0.510. The van der Waals surface area contributed by atoms with Crippen LogP contribution in [0.1, 0.15) is 62.6 Å². The van der Waals surface area contributed by atoms with Crippen LogP contribution >= 0.6 is 11.3 Å². The lowest BCUT2D eigenvalue weighted by Gasteiger charge is -2.24. The van der Waals surface area contributed by atoms with Crippen molar-refractivity contribution in [3.63, 3.8) is 0 Å². The average molecular weight is 491 g/mol. The summed E-state index contributed by atoms with van der Waals surface area (Å²) in [5.41, 5.74) is 2.28. The molecular formula is C24H34N4O3S2. The molecule has 9 heteroatoms. The Morgan fingerprint density at radius 3 is 2.70 bits per heavy atom. The van der Waals surface area contributed by atoms with Gasteiger partial charge in [-0.15, -0.1) is 0 Å². The van der Waals surface area contributed by atoms with Gasteiger partial charge in [0.15, 0.2) is 5.13 Å². The Labute approximate surface area is 200 Å². The number of hydrogen-bond acceptors (Lipinski definition) is 6. The average Bonchev–Trinajstić information content (AvgIpc) is 3.42. The Kier molecular flexibility index (Phi) is 7.83. The number of aromatic nitrogens is 1. The number of thiazole rings is 1. The third-order valence-corrected chi connectivity index (χ3v) is 9.44. The van der Waals surface area contributed by atoms with Crippen LogP contribution in [0.3, 0.4) is 0 Å². The van der Waals surface area contributed by atoms with E-state index in [-0.39, 0.29) is 11.9 Å². The number of carbonyl (C=O) groups excluding carboxylic acids is 1. The van der Waals surface area contributed by atoms with Crippen molar-refractivity contribution in [2.75, 3.05) is 18.4 Å². The van der Waals surface area contributed by atoms with Crippen molar-refractivity contribution in [2.24, 2.45) is 5.92 Å². The minimum absolute atomic E-state index is 0.000311. The highest BCUT2D eigenvalue weighted by molar-refractivity contribution is 7.89. The van der Waals surface area contributed by atoms with Crippen LogP contribution in [0.25, 0.3) is 10.4 Å². The molecule has 33 heavy (non-hydrogen) atoms. The van der Waals surface area contributed by atoms with Gasteiger partial charge in [-0.05, 0) is 62.8 Å². The Morgan fingerprint density at radius 1 is 1.18 bits per heavy atom. The summed E-state index contributed by atoms with van der Waals surface area (Å²) in [6, 6.07) is 5.38. The van der Waals surface area contributed by atoms with Crippen molar-refractivity contribution in [3.8, 4) is 10.4 Å². The Morgan fingerprint density at radius 2 is 1.97 bits per heavy atom. The molecule has 0 spiro atoms. The van der Waals surface area contributed by atoms with Crippen molar-refractivity contribution < 1.29 is 13.2 Å². The predicted octanol–water partition coefficient (Wildman–Crippen LogP) is 4.37. The fourth-order valence-corrected chi connectivity index (χ4v) is 7.32. The zero-order valence-electron chi connectivity index (χ0n) is 19.4. The van der Waals surface area contributed by atoms with Crippen LogP contribution < -0.4 is 15.4 Å². The van der Waals surface area contributed by atoms with E-state index in [1.165, 1.54) is 37.0 Å².